The molecular formula is C18H24F3N3O5S. The van der Waals surface area contributed by atoms with E-state index in [1.807, 2.05) is 24.9 Å². The highest BCUT2D eigenvalue weighted by Gasteiger charge is 2.49. The smallest absolute Gasteiger partial charge is 0.475 e. The molecule has 2 N–H and O–H groups in total. The molecular weight excluding hydrogens is 427 g/mol. The summed E-state index contributed by atoms with van der Waals surface area (Å²) >= 11 is 0. The minimum absolute atomic E-state index is 0.00925. The van der Waals surface area contributed by atoms with E-state index in [2.05, 4.69) is 5.32 Å². The Morgan fingerprint density at radius 3 is 2.30 bits per heavy atom. The molecule has 2 aliphatic heterocycles. The number of aliphatic carboxylic acids is 1. The van der Waals surface area contributed by atoms with Crippen LogP contribution in [0.15, 0.2) is 29.2 Å². The van der Waals surface area contributed by atoms with Crippen LogP contribution >= 0.6 is 0 Å². The Balaban J connectivity index is 0.000000396. The van der Waals surface area contributed by atoms with Gasteiger partial charge in [-0.1, -0.05) is 12.1 Å². The molecule has 0 spiro atoms. The number of carboxylic acids is 1. The number of carbonyl (C=O) groups is 2. The minimum Gasteiger partial charge on any atom is -0.475 e. The lowest BCUT2D eigenvalue weighted by Gasteiger charge is -2.25. The number of nitrogens with zero attached hydrogens (tertiary/aromatic N) is 2. The molecule has 3 atom stereocenters. The highest BCUT2D eigenvalue weighted by molar-refractivity contribution is 7.89. The lowest BCUT2D eigenvalue weighted by molar-refractivity contribution is -0.192. The first-order valence-corrected chi connectivity index (χ1v) is 10.5. The molecule has 8 nitrogen and oxygen atoms in total. The van der Waals surface area contributed by atoms with Crippen molar-refractivity contribution in [3.63, 3.8) is 0 Å². The molecule has 0 radical (unpaired) electrons. The molecule has 0 saturated carbocycles. The van der Waals surface area contributed by atoms with Gasteiger partial charge in [-0.2, -0.15) is 17.5 Å². The molecule has 0 bridgehead atoms. The van der Waals surface area contributed by atoms with E-state index in [1.54, 1.807) is 29.6 Å². The average molecular weight is 451 g/mol. The lowest BCUT2D eigenvalue weighted by atomic mass is 10.0. The SMILES string of the molecule is CNC(=O)[C@H]1C[C@@H]2CN(S(=O)(=O)c3cccc(C)c3)C[C@@H]2N1C.O=C(O)C(F)(F)F. The van der Waals surface area contributed by atoms with E-state index in [0.29, 0.717) is 24.4 Å². The van der Waals surface area contributed by atoms with Crippen LogP contribution in [0.25, 0.3) is 0 Å². The summed E-state index contributed by atoms with van der Waals surface area (Å²) in [4.78, 5) is 23.2. The van der Waals surface area contributed by atoms with E-state index in [9.17, 15) is 26.4 Å². The van der Waals surface area contributed by atoms with E-state index >= 15 is 0 Å². The van der Waals surface area contributed by atoms with Gasteiger partial charge in [0.2, 0.25) is 15.9 Å². The van der Waals surface area contributed by atoms with Crippen LogP contribution in [-0.4, -0.2) is 80.1 Å². The summed E-state index contributed by atoms with van der Waals surface area (Å²) in [5, 5.41) is 9.81. The molecule has 12 heteroatoms. The summed E-state index contributed by atoms with van der Waals surface area (Å²) in [6.07, 6.45) is -4.37. The lowest BCUT2D eigenvalue weighted by Crippen LogP contribution is -2.45. The van der Waals surface area contributed by atoms with Gasteiger partial charge >= 0.3 is 12.1 Å². The summed E-state index contributed by atoms with van der Waals surface area (Å²) < 4.78 is 58.9. The highest BCUT2D eigenvalue weighted by Crippen LogP contribution is 2.37. The third kappa shape index (κ3) is 5.10. The quantitative estimate of drug-likeness (QED) is 0.712. The molecule has 2 fully saturated rings. The third-order valence-corrected chi connectivity index (χ3v) is 7.16. The number of benzene rings is 1. The van der Waals surface area contributed by atoms with Gasteiger partial charge < -0.3 is 10.4 Å². The van der Waals surface area contributed by atoms with Crippen LogP contribution in [0.5, 0.6) is 0 Å². The van der Waals surface area contributed by atoms with E-state index in [4.69, 9.17) is 9.90 Å². The molecule has 0 unspecified atom stereocenters. The van der Waals surface area contributed by atoms with Gasteiger partial charge in [0.05, 0.1) is 10.9 Å². The van der Waals surface area contributed by atoms with Crippen LogP contribution < -0.4 is 5.32 Å². The zero-order valence-corrected chi connectivity index (χ0v) is 17.5. The topological polar surface area (TPSA) is 107 Å². The van der Waals surface area contributed by atoms with Crippen molar-refractivity contribution in [3.8, 4) is 0 Å². The molecule has 2 saturated heterocycles. The summed E-state index contributed by atoms with van der Waals surface area (Å²) in [6, 6.07) is 6.97. The monoisotopic (exact) mass is 451 g/mol. The number of hydrogen-bond donors (Lipinski definition) is 2. The Morgan fingerprint density at radius 2 is 1.83 bits per heavy atom. The van der Waals surface area contributed by atoms with E-state index in [-0.39, 0.29) is 23.9 Å². The van der Waals surface area contributed by atoms with Crippen LogP contribution in [0.3, 0.4) is 0 Å². The summed E-state index contributed by atoms with van der Waals surface area (Å²) in [5.74, 6) is -2.54. The van der Waals surface area contributed by atoms with Crippen LogP contribution in [0.4, 0.5) is 13.2 Å². The largest absolute Gasteiger partial charge is 0.490 e. The van der Waals surface area contributed by atoms with Crippen molar-refractivity contribution in [2.75, 3.05) is 27.2 Å². The first kappa shape index (κ1) is 24.1. The van der Waals surface area contributed by atoms with Gasteiger partial charge in [-0.05, 0) is 44.0 Å². The van der Waals surface area contributed by atoms with Gasteiger partial charge in [0.25, 0.3) is 0 Å². The van der Waals surface area contributed by atoms with Crippen LogP contribution in [0, 0.1) is 12.8 Å². The van der Waals surface area contributed by atoms with Crippen LogP contribution in [0.1, 0.15) is 12.0 Å². The maximum atomic E-state index is 12.8. The molecule has 2 aliphatic rings. The standard InChI is InChI=1S/C16H23N3O3S.C2HF3O2/c1-11-5-4-6-13(7-11)23(21,22)19-9-12-8-14(16(20)17-2)18(3)15(12)10-19;3-2(4,5)1(6)7/h4-7,12,14-15H,8-10H2,1-3H3,(H,17,20);(H,6,7)/t12-,14-,15+;/m1./s1. The Bertz CT molecular complexity index is 907. The number of sulfonamides is 1. The normalized spacial score (nSPS) is 24.7. The van der Waals surface area contributed by atoms with Crippen molar-refractivity contribution >= 4 is 21.9 Å². The van der Waals surface area contributed by atoms with E-state index in [0.717, 1.165) is 5.56 Å². The number of amides is 1. The Morgan fingerprint density at radius 1 is 1.23 bits per heavy atom. The Hall–Kier alpha value is -2.18. The molecule has 0 aliphatic carbocycles. The molecule has 0 aromatic heterocycles. The fraction of sp³-hybridized carbons (Fsp3) is 0.556. The molecule has 1 aromatic rings. The third-order valence-electron chi connectivity index (χ3n) is 5.33. The number of likely N-dealkylation sites (tertiary alicyclic amines) is 1. The van der Waals surface area contributed by atoms with Gasteiger partial charge in [-0.3, -0.25) is 9.69 Å². The number of carboxylic acid groups (broad SMARTS) is 1. The number of aryl methyl sites for hydroxylation is 1. The molecule has 3 rings (SSSR count). The Labute approximate surface area is 172 Å². The molecule has 1 aromatic carbocycles. The van der Waals surface area contributed by atoms with Crippen LogP contribution in [-0.2, 0) is 19.6 Å². The van der Waals surface area contributed by atoms with Crippen molar-refractivity contribution in [2.45, 2.75) is 36.5 Å². The number of carbonyl (C=O) groups excluding carboxylic acids is 1. The maximum absolute atomic E-state index is 12.8. The van der Waals surface area contributed by atoms with Gasteiger partial charge in [-0.15, -0.1) is 0 Å². The second-order valence-corrected chi connectivity index (χ2v) is 9.24. The number of rotatable bonds is 3. The number of fused-ring (bicyclic) bond motifs is 1. The molecule has 30 heavy (non-hydrogen) atoms. The average Bonchev–Trinajstić information content (AvgIpc) is 3.21. The first-order valence-electron chi connectivity index (χ1n) is 9.09. The number of nitrogens with one attached hydrogen (secondary N) is 1. The number of alkyl halides is 3. The maximum Gasteiger partial charge on any atom is 0.490 e. The molecule has 168 valence electrons. The number of hydrogen-bond acceptors (Lipinski definition) is 5. The zero-order chi connectivity index (χ0) is 22.9. The fourth-order valence-corrected chi connectivity index (χ4v) is 5.39. The van der Waals surface area contributed by atoms with Gasteiger partial charge in [0.1, 0.15) is 0 Å². The van der Waals surface area contributed by atoms with Crippen molar-refractivity contribution < 1.29 is 36.3 Å². The first-order chi connectivity index (χ1) is 13.8. The van der Waals surface area contributed by atoms with Crippen LogP contribution in [0.2, 0.25) is 0 Å². The van der Waals surface area contributed by atoms with Gasteiger partial charge in [0, 0.05) is 26.2 Å². The summed E-state index contributed by atoms with van der Waals surface area (Å²) in [6.45, 7) is 2.82. The van der Waals surface area contributed by atoms with Crippen molar-refractivity contribution in [1.82, 2.24) is 14.5 Å². The van der Waals surface area contributed by atoms with Gasteiger partial charge in [0.15, 0.2) is 0 Å². The van der Waals surface area contributed by atoms with Crippen molar-refractivity contribution in [3.05, 3.63) is 29.8 Å². The summed E-state index contributed by atoms with van der Waals surface area (Å²) in [7, 11) is 0.0839. The Kier molecular flexibility index (Phi) is 7.15. The van der Waals surface area contributed by atoms with Crippen molar-refractivity contribution in [2.24, 2.45) is 5.92 Å². The minimum atomic E-state index is -5.08. The molecule has 1 amide bonds. The van der Waals surface area contributed by atoms with Gasteiger partial charge in [-0.25, -0.2) is 13.2 Å². The van der Waals surface area contributed by atoms with Crippen molar-refractivity contribution in [1.29, 1.82) is 0 Å². The predicted molar refractivity (Wildman–Crippen MR) is 101 cm³/mol. The predicted octanol–water partition coefficient (Wildman–Crippen LogP) is 1.07. The van der Waals surface area contributed by atoms with E-state index < -0.39 is 22.2 Å². The highest BCUT2D eigenvalue weighted by atomic mass is 32.2. The van der Waals surface area contributed by atoms with E-state index in [1.165, 1.54) is 0 Å². The second-order valence-electron chi connectivity index (χ2n) is 7.30. The summed E-state index contributed by atoms with van der Waals surface area (Å²) in [5.41, 5.74) is 0.933. The molecule has 2 heterocycles. The second kappa shape index (κ2) is 8.90. The number of halogens is 3. The zero-order valence-electron chi connectivity index (χ0n) is 16.7. The number of likely N-dealkylation sites (N-methyl/N-ethyl adjacent to an activating group) is 2. The fourth-order valence-electron chi connectivity index (χ4n) is 3.77.